The molecule has 2 unspecified atom stereocenters. The van der Waals surface area contributed by atoms with E-state index in [1.54, 1.807) is 0 Å². The SMILES string of the molecule is CCC(C)CC(NN)c1cnn2ccccc12. The van der Waals surface area contributed by atoms with E-state index in [0.29, 0.717) is 5.92 Å². The maximum Gasteiger partial charge on any atom is 0.0709 e. The number of hydrogen-bond donors (Lipinski definition) is 2. The molecule has 2 heterocycles. The van der Waals surface area contributed by atoms with E-state index >= 15 is 0 Å². The molecule has 0 aliphatic rings. The second-order valence-corrected chi connectivity index (χ2v) is 4.60. The molecule has 0 radical (unpaired) electrons. The van der Waals surface area contributed by atoms with Gasteiger partial charge in [-0.15, -0.1) is 0 Å². The zero-order valence-electron chi connectivity index (χ0n) is 10.4. The van der Waals surface area contributed by atoms with Gasteiger partial charge in [0, 0.05) is 17.8 Å². The van der Waals surface area contributed by atoms with E-state index in [1.165, 1.54) is 5.56 Å². The van der Waals surface area contributed by atoms with Crippen LogP contribution in [0.25, 0.3) is 5.52 Å². The molecule has 2 aromatic rings. The second-order valence-electron chi connectivity index (χ2n) is 4.60. The zero-order valence-corrected chi connectivity index (χ0v) is 10.4. The van der Waals surface area contributed by atoms with Crippen molar-refractivity contribution in [2.75, 3.05) is 0 Å². The molecule has 0 spiro atoms. The highest BCUT2D eigenvalue weighted by atomic mass is 15.3. The van der Waals surface area contributed by atoms with Crippen molar-refractivity contribution in [3.63, 3.8) is 0 Å². The van der Waals surface area contributed by atoms with Gasteiger partial charge in [0.1, 0.15) is 0 Å². The van der Waals surface area contributed by atoms with Crippen LogP contribution in [0.2, 0.25) is 0 Å². The maximum atomic E-state index is 5.67. The van der Waals surface area contributed by atoms with Gasteiger partial charge in [0.15, 0.2) is 0 Å². The summed E-state index contributed by atoms with van der Waals surface area (Å²) in [5.41, 5.74) is 5.21. The van der Waals surface area contributed by atoms with E-state index in [9.17, 15) is 0 Å². The molecular weight excluding hydrogens is 212 g/mol. The van der Waals surface area contributed by atoms with Crippen LogP contribution in [-0.2, 0) is 0 Å². The molecule has 0 saturated heterocycles. The summed E-state index contributed by atoms with van der Waals surface area (Å²) in [6.07, 6.45) is 6.05. The highest BCUT2D eigenvalue weighted by Gasteiger charge is 2.17. The Hall–Kier alpha value is -1.39. The largest absolute Gasteiger partial charge is 0.271 e. The quantitative estimate of drug-likeness (QED) is 0.614. The molecule has 0 saturated carbocycles. The van der Waals surface area contributed by atoms with E-state index in [2.05, 4.69) is 30.4 Å². The lowest BCUT2D eigenvalue weighted by Crippen LogP contribution is -2.29. The fourth-order valence-corrected chi connectivity index (χ4v) is 2.08. The van der Waals surface area contributed by atoms with Crippen molar-refractivity contribution >= 4 is 5.52 Å². The molecule has 0 bridgehead atoms. The third-order valence-corrected chi connectivity index (χ3v) is 3.37. The summed E-state index contributed by atoms with van der Waals surface area (Å²) in [5.74, 6) is 6.32. The highest BCUT2D eigenvalue weighted by molar-refractivity contribution is 5.54. The number of aromatic nitrogens is 2. The maximum absolute atomic E-state index is 5.67. The monoisotopic (exact) mass is 232 g/mol. The molecule has 4 heteroatoms. The number of hydrogen-bond acceptors (Lipinski definition) is 3. The van der Waals surface area contributed by atoms with Crippen molar-refractivity contribution in [2.45, 2.75) is 32.7 Å². The summed E-state index contributed by atoms with van der Waals surface area (Å²) < 4.78 is 1.89. The van der Waals surface area contributed by atoms with Crippen LogP contribution in [0.4, 0.5) is 0 Å². The molecule has 17 heavy (non-hydrogen) atoms. The number of pyridine rings is 1. The first-order valence-electron chi connectivity index (χ1n) is 6.14. The Labute approximate surface area is 102 Å². The smallest absolute Gasteiger partial charge is 0.0709 e. The molecule has 0 aliphatic carbocycles. The van der Waals surface area contributed by atoms with Gasteiger partial charge in [-0.3, -0.25) is 11.3 Å². The van der Waals surface area contributed by atoms with Crippen molar-refractivity contribution in [1.82, 2.24) is 15.0 Å². The predicted octanol–water partition coefficient (Wildman–Crippen LogP) is 2.27. The van der Waals surface area contributed by atoms with Gasteiger partial charge < -0.3 is 0 Å². The molecule has 92 valence electrons. The number of hydrazine groups is 1. The number of nitrogens with two attached hydrogens (primary N) is 1. The molecule has 2 atom stereocenters. The average molecular weight is 232 g/mol. The fraction of sp³-hybridized carbons (Fsp3) is 0.462. The Morgan fingerprint density at radius 1 is 1.47 bits per heavy atom. The molecular formula is C13H20N4. The summed E-state index contributed by atoms with van der Waals surface area (Å²) in [4.78, 5) is 0. The van der Waals surface area contributed by atoms with Gasteiger partial charge in [0.05, 0.1) is 11.7 Å². The Bertz CT molecular complexity index is 477. The lowest BCUT2D eigenvalue weighted by Gasteiger charge is -2.18. The van der Waals surface area contributed by atoms with E-state index in [-0.39, 0.29) is 6.04 Å². The summed E-state index contributed by atoms with van der Waals surface area (Å²) in [7, 11) is 0. The summed E-state index contributed by atoms with van der Waals surface area (Å²) >= 11 is 0. The van der Waals surface area contributed by atoms with Gasteiger partial charge in [0.2, 0.25) is 0 Å². The Morgan fingerprint density at radius 3 is 3.00 bits per heavy atom. The average Bonchev–Trinajstić information content (AvgIpc) is 2.79. The Morgan fingerprint density at radius 2 is 2.29 bits per heavy atom. The molecule has 0 amide bonds. The van der Waals surface area contributed by atoms with Crippen LogP contribution in [0.5, 0.6) is 0 Å². The normalized spacial score (nSPS) is 15.0. The zero-order chi connectivity index (χ0) is 12.3. The van der Waals surface area contributed by atoms with Crippen LogP contribution < -0.4 is 11.3 Å². The molecule has 3 N–H and O–H groups in total. The van der Waals surface area contributed by atoms with E-state index in [0.717, 1.165) is 18.4 Å². The van der Waals surface area contributed by atoms with Crippen LogP contribution in [0.3, 0.4) is 0 Å². The lowest BCUT2D eigenvalue weighted by atomic mass is 9.95. The Balaban J connectivity index is 2.30. The fourth-order valence-electron chi connectivity index (χ4n) is 2.08. The first kappa shape index (κ1) is 12.1. The van der Waals surface area contributed by atoms with Crippen LogP contribution in [0, 0.1) is 5.92 Å². The van der Waals surface area contributed by atoms with E-state index < -0.39 is 0 Å². The van der Waals surface area contributed by atoms with Gasteiger partial charge in [-0.2, -0.15) is 5.10 Å². The highest BCUT2D eigenvalue weighted by Crippen LogP contribution is 2.25. The van der Waals surface area contributed by atoms with Crippen molar-refractivity contribution in [2.24, 2.45) is 11.8 Å². The topological polar surface area (TPSA) is 55.3 Å². The van der Waals surface area contributed by atoms with Crippen molar-refractivity contribution < 1.29 is 0 Å². The van der Waals surface area contributed by atoms with Gasteiger partial charge in [-0.25, -0.2) is 4.52 Å². The van der Waals surface area contributed by atoms with Crippen LogP contribution in [-0.4, -0.2) is 9.61 Å². The van der Waals surface area contributed by atoms with E-state index in [1.807, 2.05) is 29.0 Å². The van der Waals surface area contributed by atoms with Gasteiger partial charge in [-0.1, -0.05) is 26.3 Å². The van der Waals surface area contributed by atoms with Gasteiger partial charge in [-0.05, 0) is 24.5 Å². The summed E-state index contributed by atoms with van der Waals surface area (Å²) in [6.45, 7) is 4.45. The lowest BCUT2D eigenvalue weighted by molar-refractivity contribution is 0.409. The molecule has 0 aromatic carbocycles. The number of nitrogens with one attached hydrogen (secondary N) is 1. The molecule has 0 aliphatic heterocycles. The molecule has 2 rings (SSSR count). The summed E-state index contributed by atoms with van der Waals surface area (Å²) in [5, 5.41) is 4.34. The number of fused-ring (bicyclic) bond motifs is 1. The van der Waals surface area contributed by atoms with E-state index in [4.69, 9.17) is 5.84 Å². The number of rotatable bonds is 5. The predicted molar refractivity (Wildman–Crippen MR) is 69.3 cm³/mol. The minimum atomic E-state index is 0.171. The Kier molecular flexibility index (Phi) is 3.76. The minimum absolute atomic E-state index is 0.171. The first-order chi connectivity index (χ1) is 8.26. The van der Waals surface area contributed by atoms with Gasteiger partial charge >= 0.3 is 0 Å². The third-order valence-electron chi connectivity index (χ3n) is 3.37. The van der Waals surface area contributed by atoms with Crippen molar-refractivity contribution in [3.05, 3.63) is 36.2 Å². The molecule has 0 fully saturated rings. The summed E-state index contributed by atoms with van der Waals surface area (Å²) in [6, 6.07) is 6.24. The first-order valence-corrected chi connectivity index (χ1v) is 6.14. The van der Waals surface area contributed by atoms with Crippen LogP contribution in [0.1, 0.15) is 38.3 Å². The van der Waals surface area contributed by atoms with Gasteiger partial charge in [0.25, 0.3) is 0 Å². The number of nitrogens with zero attached hydrogens (tertiary/aromatic N) is 2. The molecule has 4 nitrogen and oxygen atoms in total. The second kappa shape index (κ2) is 5.29. The third kappa shape index (κ3) is 2.48. The van der Waals surface area contributed by atoms with Crippen LogP contribution in [0.15, 0.2) is 30.6 Å². The standard InChI is InChI=1S/C13H20N4/c1-3-10(2)8-12(16-14)11-9-15-17-7-5-4-6-13(11)17/h4-7,9-10,12,16H,3,8,14H2,1-2H3. The molecule has 2 aromatic heterocycles. The van der Waals surface area contributed by atoms with Crippen molar-refractivity contribution in [3.8, 4) is 0 Å². The van der Waals surface area contributed by atoms with Crippen molar-refractivity contribution in [1.29, 1.82) is 0 Å². The minimum Gasteiger partial charge on any atom is -0.271 e. The van der Waals surface area contributed by atoms with Crippen LogP contribution >= 0.6 is 0 Å².